The number of amides is 1. The molecule has 1 fully saturated rings. The van der Waals surface area contributed by atoms with Crippen LogP contribution in [0.25, 0.3) is 5.57 Å². The van der Waals surface area contributed by atoms with Crippen LogP contribution in [0, 0.1) is 12.9 Å². The molecule has 0 aliphatic carbocycles. The van der Waals surface area contributed by atoms with Gasteiger partial charge >= 0.3 is 6.09 Å². The van der Waals surface area contributed by atoms with Crippen molar-refractivity contribution in [2.24, 2.45) is 0 Å². The molecule has 1 amide bonds. The quantitative estimate of drug-likeness (QED) is 0.712. The first kappa shape index (κ1) is 16.9. The zero-order chi connectivity index (χ0) is 17.5. The fourth-order valence-corrected chi connectivity index (χ4v) is 3.70. The summed E-state index contributed by atoms with van der Waals surface area (Å²) in [5.74, 6) is -0.455. The number of rotatable bonds is 1. The van der Waals surface area contributed by atoms with E-state index in [1.54, 1.807) is 6.07 Å². The molecule has 0 saturated carbocycles. The Morgan fingerprint density at radius 2 is 2.08 bits per heavy atom. The van der Waals surface area contributed by atoms with E-state index in [-0.39, 0.29) is 18.2 Å². The molecule has 0 aromatic carbocycles. The van der Waals surface area contributed by atoms with E-state index in [9.17, 15) is 9.18 Å². The molecule has 0 spiro atoms. The van der Waals surface area contributed by atoms with Crippen molar-refractivity contribution >= 4 is 11.7 Å². The van der Waals surface area contributed by atoms with E-state index in [1.807, 2.05) is 32.6 Å². The molecule has 130 valence electrons. The third-order valence-electron chi connectivity index (χ3n) is 4.64. The van der Waals surface area contributed by atoms with Gasteiger partial charge in [0.2, 0.25) is 5.95 Å². The Bertz CT molecular complexity index is 678. The lowest BCUT2D eigenvalue weighted by Crippen LogP contribution is -2.53. The standard InChI is InChI=1S/C19H25FN2O2/c1-12-16(8-9-17(20)21-12)13-10-14-6-5-7-15(11-13)22(14)18(23)24-19(2,3)4/h8-10,14-15H,5-7,11H2,1-4H3. The SMILES string of the molecule is Cc1nc(F)ccc1C1=CC2CCCC(C1)N2C(=O)OC(C)(C)C. The summed E-state index contributed by atoms with van der Waals surface area (Å²) in [5.41, 5.74) is 2.35. The van der Waals surface area contributed by atoms with Crippen LogP contribution in [-0.4, -0.2) is 33.7 Å². The Morgan fingerprint density at radius 1 is 1.33 bits per heavy atom. The van der Waals surface area contributed by atoms with E-state index < -0.39 is 11.5 Å². The smallest absolute Gasteiger partial charge is 0.411 e. The minimum atomic E-state index is -0.493. The Hall–Kier alpha value is -1.91. The van der Waals surface area contributed by atoms with Crippen LogP contribution in [0.1, 0.15) is 57.7 Å². The fraction of sp³-hybridized carbons (Fsp3) is 0.579. The van der Waals surface area contributed by atoms with E-state index in [0.717, 1.165) is 36.8 Å². The fourth-order valence-electron chi connectivity index (χ4n) is 3.70. The van der Waals surface area contributed by atoms with Crippen LogP contribution in [0.15, 0.2) is 18.2 Å². The van der Waals surface area contributed by atoms with Crippen LogP contribution >= 0.6 is 0 Å². The zero-order valence-corrected chi connectivity index (χ0v) is 14.8. The number of nitrogens with zero attached hydrogens (tertiary/aromatic N) is 2. The predicted molar refractivity (Wildman–Crippen MR) is 91.0 cm³/mol. The van der Waals surface area contributed by atoms with Gasteiger partial charge in [0, 0.05) is 11.7 Å². The van der Waals surface area contributed by atoms with Gasteiger partial charge in [0.25, 0.3) is 0 Å². The molecule has 24 heavy (non-hydrogen) atoms. The number of pyridine rings is 1. The number of hydrogen-bond donors (Lipinski definition) is 0. The number of halogens is 1. The van der Waals surface area contributed by atoms with Gasteiger partial charge in [0.1, 0.15) is 5.60 Å². The van der Waals surface area contributed by atoms with E-state index in [2.05, 4.69) is 11.1 Å². The van der Waals surface area contributed by atoms with Gasteiger partial charge in [-0.2, -0.15) is 4.39 Å². The lowest BCUT2D eigenvalue weighted by atomic mass is 9.83. The molecular formula is C19H25FN2O2. The van der Waals surface area contributed by atoms with Crippen LogP contribution in [0.5, 0.6) is 0 Å². The highest BCUT2D eigenvalue weighted by Gasteiger charge is 2.39. The van der Waals surface area contributed by atoms with Gasteiger partial charge in [0.05, 0.1) is 6.04 Å². The molecule has 5 heteroatoms. The van der Waals surface area contributed by atoms with Crippen LogP contribution in [0.4, 0.5) is 9.18 Å². The van der Waals surface area contributed by atoms with Crippen molar-refractivity contribution in [3.8, 4) is 0 Å². The molecule has 3 rings (SSSR count). The summed E-state index contributed by atoms with van der Waals surface area (Å²) >= 11 is 0. The maximum atomic E-state index is 13.3. The Kier molecular flexibility index (Phi) is 4.37. The number of fused-ring (bicyclic) bond motifs is 2. The van der Waals surface area contributed by atoms with E-state index in [0.29, 0.717) is 5.69 Å². The summed E-state index contributed by atoms with van der Waals surface area (Å²) in [5, 5.41) is 0. The van der Waals surface area contributed by atoms with Crippen LogP contribution in [0.2, 0.25) is 0 Å². The van der Waals surface area contributed by atoms with Crippen molar-refractivity contribution in [2.75, 3.05) is 0 Å². The molecule has 1 saturated heterocycles. The predicted octanol–water partition coefficient (Wildman–Crippen LogP) is 4.47. The summed E-state index contributed by atoms with van der Waals surface area (Å²) in [6, 6.07) is 3.39. The van der Waals surface area contributed by atoms with Gasteiger partial charge in [0.15, 0.2) is 0 Å². The van der Waals surface area contributed by atoms with Crippen molar-refractivity contribution < 1.29 is 13.9 Å². The monoisotopic (exact) mass is 332 g/mol. The molecule has 2 bridgehead atoms. The minimum absolute atomic E-state index is 0.0480. The number of aromatic nitrogens is 1. The van der Waals surface area contributed by atoms with Crippen molar-refractivity contribution in [3.63, 3.8) is 0 Å². The van der Waals surface area contributed by atoms with Crippen molar-refractivity contribution in [1.82, 2.24) is 9.88 Å². The van der Waals surface area contributed by atoms with Crippen molar-refractivity contribution in [1.29, 1.82) is 0 Å². The second-order valence-corrected chi connectivity index (χ2v) is 7.70. The molecule has 0 N–H and O–H groups in total. The van der Waals surface area contributed by atoms with Gasteiger partial charge in [-0.25, -0.2) is 9.78 Å². The second kappa shape index (κ2) is 6.19. The highest BCUT2D eigenvalue weighted by Crippen LogP contribution is 2.38. The number of carbonyl (C=O) groups excluding carboxylic acids is 1. The molecular weight excluding hydrogens is 307 g/mol. The summed E-state index contributed by atoms with van der Waals surface area (Å²) in [6.45, 7) is 7.49. The highest BCUT2D eigenvalue weighted by atomic mass is 19.1. The maximum absolute atomic E-state index is 13.3. The van der Waals surface area contributed by atoms with Gasteiger partial charge in [-0.15, -0.1) is 0 Å². The third kappa shape index (κ3) is 3.45. The number of piperidine rings is 1. The van der Waals surface area contributed by atoms with Crippen LogP contribution in [-0.2, 0) is 4.74 Å². The van der Waals surface area contributed by atoms with Gasteiger partial charge < -0.3 is 4.74 Å². The molecule has 1 aromatic rings. The van der Waals surface area contributed by atoms with Gasteiger partial charge in [-0.05, 0) is 76.6 Å². The summed E-state index contributed by atoms with van der Waals surface area (Å²) < 4.78 is 18.9. The molecule has 2 unspecified atom stereocenters. The van der Waals surface area contributed by atoms with E-state index in [4.69, 9.17) is 4.74 Å². The minimum Gasteiger partial charge on any atom is -0.444 e. The van der Waals surface area contributed by atoms with Crippen LogP contribution in [0.3, 0.4) is 0 Å². The first-order chi connectivity index (χ1) is 11.2. The van der Waals surface area contributed by atoms with Crippen molar-refractivity contribution in [3.05, 3.63) is 35.4 Å². The average molecular weight is 332 g/mol. The maximum Gasteiger partial charge on any atom is 0.411 e. The Morgan fingerprint density at radius 3 is 2.71 bits per heavy atom. The number of hydrogen-bond acceptors (Lipinski definition) is 3. The Balaban J connectivity index is 1.88. The first-order valence-electron chi connectivity index (χ1n) is 8.60. The average Bonchev–Trinajstić information content (AvgIpc) is 2.44. The molecule has 4 nitrogen and oxygen atoms in total. The van der Waals surface area contributed by atoms with Crippen molar-refractivity contribution in [2.45, 2.75) is 71.1 Å². The lowest BCUT2D eigenvalue weighted by Gasteiger charge is -2.45. The first-order valence-corrected chi connectivity index (χ1v) is 8.60. The molecule has 2 aliphatic heterocycles. The molecule has 2 atom stereocenters. The molecule has 3 heterocycles. The largest absolute Gasteiger partial charge is 0.444 e. The summed E-state index contributed by atoms with van der Waals surface area (Å²) in [6.07, 6.45) is 5.69. The normalized spacial score (nSPS) is 23.7. The summed E-state index contributed by atoms with van der Waals surface area (Å²) in [7, 11) is 0. The number of ether oxygens (including phenoxy) is 1. The number of carbonyl (C=O) groups is 1. The molecule has 0 radical (unpaired) electrons. The Labute approximate surface area is 142 Å². The van der Waals surface area contributed by atoms with E-state index >= 15 is 0 Å². The van der Waals surface area contributed by atoms with E-state index in [1.165, 1.54) is 6.07 Å². The lowest BCUT2D eigenvalue weighted by molar-refractivity contribution is 0.0000853. The summed E-state index contributed by atoms with van der Waals surface area (Å²) in [4.78, 5) is 18.4. The molecule has 2 aliphatic rings. The third-order valence-corrected chi connectivity index (χ3v) is 4.64. The second-order valence-electron chi connectivity index (χ2n) is 7.70. The highest BCUT2D eigenvalue weighted by molar-refractivity contribution is 5.75. The molecule has 1 aromatic heterocycles. The number of aryl methyl sites for hydroxylation is 1. The van der Waals surface area contributed by atoms with Gasteiger partial charge in [-0.1, -0.05) is 6.08 Å². The van der Waals surface area contributed by atoms with Gasteiger partial charge in [-0.3, -0.25) is 4.90 Å². The topological polar surface area (TPSA) is 42.4 Å². The zero-order valence-electron chi connectivity index (χ0n) is 14.8. The van der Waals surface area contributed by atoms with Crippen LogP contribution < -0.4 is 0 Å².